The second-order valence-corrected chi connectivity index (χ2v) is 5.26. The van der Waals surface area contributed by atoms with Crippen LogP contribution in [-0.2, 0) is 11.3 Å². The van der Waals surface area contributed by atoms with E-state index in [1.165, 1.54) is 5.56 Å². The lowest BCUT2D eigenvalue weighted by atomic mass is 10.2. The molecule has 0 aromatic heterocycles. The van der Waals surface area contributed by atoms with Gasteiger partial charge in [-0.3, -0.25) is 4.79 Å². The highest BCUT2D eigenvalue weighted by atomic mass is 16.5. The van der Waals surface area contributed by atoms with Gasteiger partial charge in [-0.15, -0.1) is 0 Å². The summed E-state index contributed by atoms with van der Waals surface area (Å²) in [5, 5.41) is 3.41. The van der Waals surface area contributed by atoms with Gasteiger partial charge in [0.25, 0.3) is 0 Å². The largest absolute Gasteiger partial charge is 0.490 e. The first kappa shape index (κ1) is 15.6. The van der Waals surface area contributed by atoms with Crippen LogP contribution >= 0.6 is 0 Å². The van der Waals surface area contributed by atoms with Gasteiger partial charge in [-0.1, -0.05) is 24.8 Å². The van der Waals surface area contributed by atoms with Crippen LogP contribution in [0.3, 0.4) is 0 Å². The van der Waals surface area contributed by atoms with Gasteiger partial charge >= 0.3 is 0 Å². The first-order chi connectivity index (χ1) is 10.3. The molecule has 1 N–H and O–H groups in total. The van der Waals surface area contributed by atoms with Crippen molar-refractivity contribution in [2.75, 3.05) is 26.2 Å². The Morgan fingerprint density at radius 3 is 2.81 bits per heavy atom. The number of likely N-dealkylation sites (tertiary alicyclic amines) is 1. The molecule has 1 aliphatic rings. The molecular formula is C17H24N2O2. The monoisotopic (exact) mass is 288 g/mol. The van der Waals surface area contributed by atoms with E-state index >= 15 is 0 Å². The van der Waals surface area contributed by atoms with Gasteiger partial charge in [0.15, 0.2) is 0 Å². The molecule has 1 amide bonds. The maximum absolute atomic E-state index is 11.5. The average Bonchev–Trinajstić information content (AvgIpc) is 2.91. The highest BCUT2D eigenvalue weighted by Crippen LogP contribution is 2.12. The zero-order valence-electron chi connectivity index (χ0n) is 12.5. The number of amides is 1. The number of hydrogen-bond acceptors (Lipinski definition) is 3. The number of nitrogens with one attached hydrogen (secondary N) is 1. The van der Waals surface area contributed by atoms with Gasteiger partial charge in [-0.25, -0.2) is 0 Å². The van der Waals surface area contributed by atoms with Crippen molar-refractivity contribution in [1.29, 1.82) is 0 Å². The molecular weight excluding hydrogens is 264 g/mol. The van der Waals surface area contributed by atoms with Gasteiger partial charge < -0.3 is 15.0 Å². The minimum Gasteiger partial charge on any atom is -0.490 e. The van der Waals surface area contributed by atoms with E-state index in [0.29, 0.717) is 12.5 Å². The summed E-state index contributed by atoms with van der Waals surface area (Å²) in [4.78, 5) is 13.4. The molecule has 4 nitrogen and oxygen atoms in total. The summed E-state index contributed by atoms with van der Waals surface area (Å²) in [5.41, 5.74) is 1.23. The molecule has 0 radical (unpaired) electrons. The SMILES string of the molecule is C=CCOc1ccc(CNCCCN2CCCC2=O)cc1. The normalized spacial score (nSPS) is 14.5. The Morgan fingerprint density at radius 2 is 2.14 bits per heavy atom. The molecule has 0 atom stereocenters. The smallest absolute Gasteiger partial charge is 0.222 e. The first-order valence-corrected chi connectivity index (χ1v) is 7.61. The highest BCUT2D eigenvalue weighted by molar-refractivity contribution is 5.77. The van der Waals surface area contributed by atoms with Gasteiger partial charge in [0.1, 0.15) is 12.4 Å². The maximum Gasteiger partial charge on any atom is 0.222 e. The van der Waals surface area contributed by atoms with Crippen LogP contribution in [0.5, 0.6) is 5.75 Å². The number of hydrogen-bond donors (Lipinski definition) is 1. The third-order valence-corrected chi connectivity index (χ3v) is 3.57. The Bertz CT molecular complexity index is 456. The molecule has 0 aliphatic carbocycles. The lowest BCUT2D eigenvalue weighted by Gasteiger charge is -2.15. The van der Waals surface area contributed by atoms with E-state index in [4.69, 9.17) is 4.74 Å². The van der Waals surface area contributed by atoms with Crippen molar-refractivity contribution in [3.05, 3.63) is 42.5 Å². The Hall–Kier alpha value is -1.81. The molecule has 0 spiro atoms. The predicted octanol–water partition coefficient (Wildman–Crippen LogP) is 2.35. The van der Waals surface area contributed by atoms with E-state index in [1.54, 1.807) is 6.08 Å². The summed E-state index contributed by atoms with van der Waals surface area (Å²) in [6, 6.07) is 8.08. The van der Waals surface area contributed by atoms with E-state index in [2.05, 4.69) is 24.0 Å². The summed E-state index contributed by atoms with van der Waals surface area (Å²) in [5.74, 6) is 1.18. The molecule has 0 saturated carbocycles. The van der Waals surface area contributed by atoms with E-state index in [9.17, 15) is 4.79 Å². The number of rotatable bonds is 9. The molecule has 114 valence electrons. The highest BCUT2D eigenvalue weighted by Gasteiger charge is 2.18. The number of ether oxygens (including phenoxy) is 1. The Morgan fingerprint density at radius 1 is 1.33 bits per heavy atom. The van der Waals surface area contributed by atoms with Crippen molar-refractivity contribution in [3.8, 4) is 5.75 Å². The number of carbonyl (C=O) groups is 1. The zero-order valence-corrected chi connectivity index (χ0v) is 12.5. The Balaban J connectivity index is 1.59. The lowest BCUT2D eigenvalue weighted by Crippen LogP contribution is -2.28. The zero-order chi connectivity index (χ0) is 14.9. The van der Waals surface area contributed by atoms with Crippen molar-refractivity contribution in [1.82, 2.24) is 10.2 Å². The van der Waals surface area contributed by atoms with Crippen molar-refractivity contribution in [2.45, 2.75) is 25.8 Å². The quantitative estimate of drug-likeness (QED) is 0.560. The van der Waals surface area contributed by atoms with Crippen LogP contribution < -0.4 is 10.1 Å². The lowest BCUT2D eigenvalue weighted by molar-refractivity contribution is -0.127. The summed E-state index contributed by atoms with van der Waals surface area (Å²) < 4.78 is 5.44. The molecule has 21 heavy (non-hydrogen) atoms. The van der Waals surface area contributed by atoms with Crippen molar-refractivity contribution in [2.24, 2.45) is 0 Å². The van der Waals surface area contributed by atoms with Crippen LogP contribution in [0.2, 0.25) is 0 Å². The molecule has 1 aromatic rings. The van der Waals surface area contributed by atoms with E-state index < -0.39 is 0 Å². The van der Waals surface area contributed by atoms with Crippen molar-refractivity contribution < 1.29 is 9.53 Å². The molecule has 0 bridgehead atoms. The molecule has 1 heterocycles. The van der Waals surface area contributed by atoms with Gasteiger partial charge in [-0.05, 0) is 37.1 Å². The molecule has 0 unspecified atom stereocenters. The van der Waals surface area contributed by atoms with Crippen LogP contribution in [0.1, 0.15) is 24.8 Å². The summed E-state index contributed by atoms with van der Waals surface area (Å²) in [7, 11) is 0. The van der Waals surface area contributed by atoms with Gasteiger partial charge in [-0.2, -0.15) is 0 Å². The summed E-state index contributed by atoms with van der Waals surface area (Å²) in [6.45, 7) is 7.74. The van der Waals surface area contributed by atoms with Crippen molar-refractivity contribution >= 4 is 5.91 Å². The first-order valence-electron chi connectivity index (χ1n) is 7.61. The minimum atomic E-state index is 0.310. The van der Waals surface area contributed by atoms with E-state index in [1.807, 2.05) is 17.0 Å². The second kappa shape index (κ2) is 8.47. The fourth-order valence-electron chi connectivity index (χ4n) is 2.43. The molecule has 1 aliphatic heterocycles. The third-order valence-electron chi connectivity index (χ3n) is 3.57. The second-order valence-electron chi connectivity index (χ2n) is 5.26. The molecule has 1 saturated heterocycles. The van der Waals surface area contributed by atoms with E-state index in [-0.39, 0.29) is 0 Å². The molecule has 1 aromatic carbocycles. The third kappa shape index (κ3) is 5.23. The summed E-state index contributed by atoms with van der Waals surface area (Å²) in [6.07, 6.45) is 4.49. The number of benzene rings is 1. The number of carbonyl (C=O) groups excluding carboxylic acids is 1. The molecule has 1 fully saturated rings. The van der Waals surface area contributed by atoms with Crippen molar-refractivity contribution in [3.63, 3.8) is 0 Å². The maximum atomic E-state index is 11.5. The number of nitrogens with zero attached hydrogens (tertiary/aromatic N) is 1. The standard InChI is InChI=1S/C17H24N2O2/c1-2-13-21-16-8-6-15(7-9-16)14-18-10-4-12-19-11-3-5-17(19)20/h2,6-9,18H,1,3-5,10-14H2. The minimum absolute atomic E-state index is 0.310. The van der Waals surface area contributed by atoms with Gasteiger partial charge in [0.05, 0.1) is 0 Å². The molecule has 4 heteroatoms. The van der Waals surface area contributed by atoms with Crippen LogP contribution in [0, 0.1) is 0 Å². The van der Waals surface area contributed by atoms with Gasteiger partial charge in [0.2, 0.25) is 5.91 Å². The topological polar surface area (TPSA) is 41.6 Å². The average molecular weight is 288 g/mol. The fraction of sp³-hybridized carbons (Fsp3) is 0.471. The van der Waals surface area contributed by atoms with Crippen LogP contribution in [0.25, 0.3) is 0 Å². The summed E-state index contributed by atoms with van der Waals surface area (Å²) >= 11 is 0. The molecule has 2 rings (SSSR count). The van der Waals surface area contributed by atoms with Crippen LogP contribution in [0.4, 0.5) is 0 Å². The fourth-order valence-corrected chi connectivity index (χ4v) is 2.43. The van der Waals surface area contributed by atoms with E-state index in [0.717, 1.165) is 51.2 Å². The van der Waals surface area contributed by atoms with Crippen LogP contribution in [-0.4, -0.2) is 37.0 Å². The Kier molecular flexibility index (Phi) is 6.28. The van der Waals surface area contributed by atoms with Crippen LogP contribution in [0.15, 0.2) is 36.9 Å². The predicted molar refractivity (Wildman–Crippen MR) is 84.3 cm³/mol. The Labute approximate surface area is 126 Å². The van der Waals surface area contributed by atoms with Gasteiger partial charge in [0, 0.05) is 26.1 Å².